The van der Waals surface area contributed by atoms with E-state index in [1.807, 2.05) is 25.1 Å². The van der Waals surface area contributed by atoms with Crippen molar-refractivity contribution in [2.45, 2.75) is 12.8 Å². The van der Waals surface area contributed by atoms with Gasteiger partial charge in [-0.25, -0.2) is 0 Å². The first-order chi connectivity index (χ1) is 10.1. The highest BCUT2D eigenvalue weighted by atomic mass is 16.4. The van der Waals surface area contributed by atoms with Gasteiger partial charge in [0.15, 0.2) is 0 Å². The minimum Gasteiger partial charge on any atom is -0.421 e. The standard InChI is InChI=1S/C14H19N5O2/c1-19(2)9-8-16-12(20)5-6-13-17-18-14(21-13)11-4-3-7-15-10-11/h3-4,7,10H,5-6,8-9H2,1-2H3,(H,16,20). The molecule has 21 heavy (non-hydrogen) atoms. The fraction of sp³-hybridized carbons (Fsp3) is 0.429. The van der Waals surface area contributed by atoms with E-state index in [9.17, 15) is 4.79 Å². The van der Waals surface area contributed by atoms with Crippen molar-refractivity contribution in [3.05, 3.63) is 30.4 Å². The van der Waals surface area contributed by atoms with Gasteiger partial charge in [0.25, 0.3) is 0 Å². The predicted octanol–water partition coefficient (Wildman–Crippen LogP) is 0.742. The first-order valence-corrected chi connectivity index (χ1v) is 6.79. The van der Waals surface area contributed by atoms with Gasteiger partial charge < -0.3 is 14.6 Å². The number of hydrogen-bond acceptors (Lipinski definition) is 6. The maximum atomic E-state index is 11.6. The van der Waals surface area contributed by atoms with Crippen LogP contribution in [-0.4, -0.2) is 53.2 Å². The maximum absolute atomic E-state index is 11.6. The van der Waals surface area contributed by atoms with E-state index in [2.05, 4.69) is 20.5 Å². The molecular weight excluding hydrogens is 270 g/mol. The summed E-state index contributed by atoms with van der Waals surface area (Å²) in [7, 11) is 3.93. The topological polar surface area (TPSA) is 84.2 Å². The van der Waals surface area contributed by atoms with Crippen LogP contribution >= 0.6 is 0 Å². The fourth-order valence-electron chi connectivity index (χ4n) is 1.69. The summed E-state index contributed by atoms with van der Waals surface area (Å²) in [5, 5.41) is 10.7. The van der Waals surface area contributed by atoms with Crippen molar-refractivity contribution in [2.24, 2.45) is 0 Å². The number of carbonyl (C=O) groups excluding carboxylic acids is 1. The molecule has 7 nitrogen and oxygen atoms in total. The molecule has 1 amide bonds. The molecule has 112 valence electrons. The van der Waals surface area contributed by atoms with Gasteiger partial charge in [-0.15, -0.1) is 10.2 Å². The van der Waals surface area contributed by atoms with Gasteiger partial charge in [0.05, 0.1) is 5.56 Å². The van der Waals surface area contributed by atoms with E-state index < -0.39 is 0 Å². The molecule has 0 unspecified atom stereocenters. The number of pyridine rings is 1. The second-order valence-electron chi connectivity index (χ2n) is 4.90. The lowest BCUT2D eigenvalue weighted by Gasteiger charge is -2.09. The lowest BCUT2D eigenvalue weighted by molar-refractivity contribution is -0.121. The minimum atomic E-state index is -0.0158. The molecule has 0 saturated carbocycles. The summed E-state index contributed by atoms with van der Waals surface area (Å²) in [5.74, 6) is 0.862. The first-order valence-electron chi connectivity index (χ1n) is 6.79. The molecule has 2 aromatic rings. The molecule has 0 aliphatic rings. The van der Waals surface area contributed by atoms with Crippen LogP contribution in [0.15, 0.2) is 28.9 Å². The molecule has 0 bridgehead atoms. The second-order valence-corrected chi connectivity index (χ2v) is 4.90. The third-order valence-electron chi connectivity index (χ3n) is 2.82. The van der Waals surface area contributed by atoms with E-state index in [0.717, 1.165) is 12.1 Å². The molecule has 2 heterocycles. The monoisotopic (exact) mass is 289 g/mol. The Kier molecular flexibility index (Phi) is 5.39. The molecule has 0 spiro atoms. The van der Waals surface area contributed by atoms with Crippen LogP contribution in [0, 0.1) is 0 Å². The fourth-order valence-corrected chi connectivity index (χ4v) is 1.69. The smallest absolute Gasteiger partial charge is 0.249 e. The summed E-state index contributed by atoms with van der Waals surface area (Å²) >= 11 is 0. The van der Waals surface area contributed by atoms with Crippen molar-refractivity contribution in [1.29, 1.82) is 0 Å². The Morgan fingerprint density at radius 3 is 2.95 bits per heavy atom. The summed E-state index contributed by atoms with van der Waals surface area (Å²) < 4.78 is 5.51. The van der Waals surface area contributed by atoms with Gasteiger partial charge in [-0.3, -0.25) is 9.78 Å². The first kappa shape index (κ1) is 15.1. The predicted molar refractivity (Wildman–Crippen MR) is 77.4 cm³/mol. The van der Waals surface area contributed by atoms with E-state index >= 15 is 0 Å². The summed E-state index contributed by atoms with van der Waals surface area (Å²) in [4.78, 5) is 17.7. The van der Waals surface area contributed by atoms with Gasteiger partial charge in [0, 0.05) is 38.3 Å². The van der Waals surface area contributed by atoms with Crippen LogP contribution in [0.5, 0.6) is 0 Å². The van der Waals surface area contributed by atoms with Crippen molar-refractivity contribution in [3.63, 3.8) is 0 Å². The molecule has 2 rings (SSSR count). The van der Waals surface area contributed by atoms with Crippen molar-refractivity contribution >= 4 is 5.91 Å². The SMILES string of the molecule is CN(C)CCNC(=O)CCc1nnc(-c2cccnc2)o1. The zero-order valence-electron chi connectivity index (χ0n) is 12.2. The van der Waals surface area contributed by atoms with E-state index in [-0.39, 0.29) is 5.91 Å². The van der Waals surface area contributed by atoms with Crippen molar-refractivity contribution < 1.29 is 9.21 Å². The molecular formula is C14H19N5O2. The number of likely N-dealkylation sites (N-methyl/N-ethyl adjacent to an activating group) is 1. The zero-order valence-corrected chi connectivity index (χ0v) is 12.2. The Hall–Kier alpha value is -2.28. The molecule has 0 aliphatic heterocycles. The van der Waals surface area contributed by atoms with Crippen LogP contribution in [0.1, 0.15) is 12.3 Å². The lowest BCUT2D eigenvalue weighted by atomic mass is 10.3. The summed E-state index contributed by atoms with van der Waals surface area (Å²) in [6, 6.07) is 3.65. The molecule has 0 aromatic carbocycles. The highest BCUT2D eigenvalue weighted by molar-refractivity contribution is 5.75. The van der Waals surface area contributed by atoms with Crippen molar-refractivity contribution in [1.82, 2.24) is 25.4 Å². The van der Waals surface area contributed by atoms with Crippen molar-refractivity contribution in [3.8, 4) is 11.5 Å². The second kappa shape index (κ2) is 7.49. The maximum Gasteiger partial charge on any atom is 0.249 e. The lowest BCUT2D eigenvalue weighted by Crippen LogP contribution is -2.31. The molecule has 0 saturated heterocycles. The summed E-state index contributed by atoms with van der Waals surface area (Å²) in [5.41, 5.74) is 0.770. The Morgan fingerprint density at radius 1 is 1.38 bits per heavy atom. The number of amides is 1. The van der Waals surface area contributed by atoms with E-state index in [0.29, 0.717) is 31.2 Å². The Balaban J connectivity index is 1.79. The van der Waals surface area contributed by atoms with Crippen LogP contribution in [0.2, 0.25) is 0 Å². The molecule has 0 radical (unpaired) electrons. The van der Waals surface area contributed by atoms with Crippen LogP contribution in [0.3, 0.4) is 0 Å². The number of nitrogens with one attached hydrogen (secondary N) is 1. The van der Waals surface area contributed by atoms with Gasteiger partial charge >= 0.3 is 0 Å². The summed E-state index contributed by atoms with van der Waals surface area (Å²) in [6.07, 6.45) is 4.10. The zero-order chi connectivity index (χ0) is 15.1. The molecule has 1 N–H and O–H groups in total. The van der Waals surface area contributed by atoms with E-state index in [4.69, 9.17) is 4.42 Å². The van der Waals surface area contributed by atoms with Gasteiger partial charge in [-0.1, -0.05) is 0 Å². The van der Waals surface area contributed by atoms with Gasteiger partial charge in [-0.05, 0) is 26.2 Å². The van der Waals surface area contributed by atoms with Gasteiger partial charge in [0.2, 0.25) is 17.7 Å². The third kappa shape index (κ3) is 4.96. The molecule has 0 aliphatic carbocycles. The largest absolute Gasteiger partial charge is 0.421 e. The van der Waals surface area contributed by atoms with E-state index in [1.165, 1.54) is 0 Å². The highest BCUT2D eigenvalue weighted by Crippen LogP contribution is 2.16. The summed E-state index contributed by atoms with van der Waals surface area (Å²) in [6.45, 7) is 1.45. The molecule has 0 atom stereocenters. The normalized spacial score (nSPS) is 10.8. The molecule has 0 fully saturated rings. The molecule has 7 heteroatoms. The Bertz CT molecular complexity index is 568. The van der Waals surface area contributed by atoms with Crippen LogP contribution in [-0.2, 0) is 11.2 Å². The van der Waals surface area contributed by atoms with Crippen LogP contribution in [0.25, 0.3) is 11.5 Å². The van der Waals surface area contributed by atoms with Gasteiger partial charge in [0.1, 0.15) is 0 Å². The average Bonchev–Trinajstić information content (AvgIpc) is 2.94. The van der Waals surface area contributed by atoms with Gasteiger partial charge in [-0.2, -0.15) is 0 Å². The number of aromatic nitrogens is 3. The molecule has 2 aromatic heterocycles. The highest BCUT2D eigenvalue weighted by Gasteiger charge is 2.10. The number of carbonyl (C=O) groups is 1. The third-order valence-corrected chi connectivity index (χ3v) is 2.82. The Labute approximate surface area is 123 Å². The number of aryl methyl sites for hydroxylation is 1. The number of nitrogens with zero attached hydrogens (tertiary/aromatic N) is 4. The quantitative estimate of drug-likeness (QED) is 0.809. The number of hydrogen-bond donors (Lipinski definition) is 1. The Morgan fingerprint density at radius 2 is 2.24 bits per heavy atom. The van der Waals surface area contributed by atoms with Crippen LogP contribution < -0.4 is 5.32 Å². The number of rotatable bonds is 7. The van der Waals surface area contributed by atoms with Crippen LogP contribution in [0.4, 0.5) is 0 Å². The van der Waals surface area contributed by atoms with E-state index in [1.54, 1.807) is 18.5 Å². The average molecular weight is 289 g/mol. The van der Waals surface area contributed by atoms with Crippen molar-refractivity contribution in [2.75, 3.05) is 27.2 Å². The minimum absolute atomic E-state index is 0.0158.